The Morgan fingerprint density at radius 1 is 1.00 bits per heavy atom. The van der Waals surface area contributed by atoms with Crippen molar-refractivity contribution in [2.75, 3.05) is 0 Å². The molecule has 0 atom stereocenters. The molecule has 0 aliphatic rings. The van der Waals surface area contributed by atoms with Crippen LogP contribution >= 0.6 is 0 Å². The standard InChI is InChI=1S/C4H8N2O2/c1-3(7)5-6-4(2)8/h1-2H3,(H,5,7)(H,6,8)/i5+1,6+1. The van der Waals surface area contributed by atoms with Crippen molar-refractivity contribution in [3.8, 4) is 0 Å². The summed E-state index contributed by atoms with van der Waals surface area (Å²) in [5.74, 6) is -0.555. The van der Waals surface area contributed by atoms with E-state index in [1.807, 2.05) is 0 Å². The highest BCUT2D eigenvalue weighted by molar-refractivity contribution is 5.78. The van der Waals surface area contributed by atoms with E-state index in [0.29, 0.717) is 0 Å². The lowest BCUT2D eigenvalue weighted by Crippen LogP contribution is -2.38. The molecule has 2 N–H and O–H groups in total. The molecule has 0 saturated heterocycles. The Morgan fingerprint density at radius 2 is 1.25 bits per heavy atom. The molecule has 0 aromatic carbocycles. The molecule has 0 aliphatic carbocycles. The van der Waals surface area contributed by atoms with Crippen LogP contribution in [-0.4, -0.2) is 11.8 Å². The summed E-state index contributed by atoms with van der Waals surface area (Å²) in [6, 6.07) is 0. The number of carbonyl (C=O) groups excluding carboxylic acids is 2. The molecule has 0 aliphatic heterocycles. The summed E-state index contributed by atoms with van der Waals surface area (Å²) < 4.78 is 0. The highest BCUT2D eigenvalue weighted by Crippen LogP contribution is 1.54. The normalized spacial score (nSPS) is 7.75. The minimum absolute atomic E-state index is 0.278. The average Bonchev–Trinajstić information content (AvgIpc) is 1.61. The average molecular weight is 118 g/mol. The Bertz CT molecular complexity index is 96.6. The highest BCUT2D eigenvalue weighted by atomic mass is 16.4. The third-order valence-electron chi connectivity index (χ3n) is 0.415. The Hall–Kier alpha value is -1.06. The first-order chi connectivity index (χ1) is 3.63. The second-order valence-corrected chi connectivity index (χ2v) is 1.36. The molecule has 0 aromatic heterocycles. The van der Waals surface area contributed by atoms with Gasteiger partial charge in [0.1, 0.15) is 0 Å². The quantitative estimate of drug-likeness (QED) is 0.322. The van der Waals surface area contributed by atoms with E-state index in [-0.39, 0.29) is 11.8 Å². The summed E-state index contributed by atoms with van der Waals surface area (Å²) in [5, 5.41) is 0. The zero-order chi connectivity index (χ0) is 6.57. The molecule has 4 nitrogen and oxygen atoms in total. The van der Waals surface area contributed by atoms with Gasteiger partial charge >= 0.3 is 0 Å². The summed E-state index contributed by atoms with van der Waals surface area (Å²) in [7, 11) is 0. The molecule has 46 valence electrons. The Balaban J connectivity index is 3.18. The lowest BCUT2D eigenvalue weighted by atomic mass is 10.8. The van der Waals surface area contributed by atoms with Gasteiger partial charge in [-0.25, -0.2) is 0 Å². The lowest BCUT2D eigenvalue weighted by Gasteiger charge is -1.97. The van der Waals surface area contributed by atoms with Gasteiger partial charge in [-0.1, -0.05) is 0 Å². The SMILES string of the molecule is CC(=O)[15NH][15NH]C(C)=O. The molecule has 0 radical (unpaired) electrons. The fourth-order valence-corrected chi connectivity index (χ4v) is 0.176. The first kappa shape index (κ1) is 6.94. The maximum absolute atomic E-state index is 10.0. The van der Waals surface area contributed by atoms with Crippen molar-refractivity contribution in [2.45, 2.75) is 13.8 Å². The number of amides is 2. The summed E-state index contributed by atoms with van der Waals surface area (Å²) in [5.41, 5.74) is 4.21. The third kappa shape index (κ3) is 4.94. The van der Waals surface area contributed by atoms with Crippen molar-refractivity contribution >= 4 is 11.8 Å². The van der Waals surface area contributed by atoms with Crippen LogP contribution in [0.25, 0.3) is 0 Å². The number of hydrogen-bond acceptors (Lipinski definition) is 2. The molecule has 0 heterocycles. The molecule has 8 heavy (non-hydrogen) atoms. The van der Waals surface area contributed by atoms with Gasteiger partial charge in [0.15, 0.2) is 0 Å². The number of nitrogens with one attached hydrogen (secondary N) is 2. The fourth-order valence-electron chi connectivity index (χ4n) is 0.176. The van der Waals surface area contributed by atoms with E-state index in [1.54, 1.807) is 0 Å². The molecule has 0 aromatic rings. The molecule has 0 unspecified atom stereocenters. The van der Waals surface area contributed by atoms with Crippen LogP contribution in [0.2, 0.25) is 0 Å². The van der Waals surface area contributed by atoms with Crippen LogP contribution in [0, 0.1) is 0 Å². The highest BCUT2D eigenvalue weighted by Gasteiger charge is 1.88. The van der Waals surface area contributed by atoms with E-state index >= 15 is 0 Å². The molecular weight excluding hydrogens is 110 g/mol. The predicted octanol–water partition coefficient (Wildman–Crippen LogP) is -0.826. The van der Waals surface area contributed by atoms with Gasteiger partial charge < -0.3 is 0 Å². The predicted molar refractivity (Wildman–Crippen MR) is 27.6 cm³/mol. The summed E-state index contributed by atoms with van der Waals surface area (Å²) in [6.07, 6.45) is 0. The molecule has 0 fully saturated rings. The van der Waals surface area contributed by atoms with Crippen molar-refractivity contribution in [3.63, 3.8) is 0 Å². The van der Waals surface area contributed by atoms with Gasteiger partial charge in [0, 0.05) is 13.8 Å². The van der Waals surface area contributed by atoms with Crippen LogP contribution < -0.4 is 10.9 Å². The van der Waals surface area contributed by atoms with E-state index in [2.05, 4.69) is 10.9 Å². The zero-order valence-electron chi connectivity index (χ0n) is 4.82. The van der Waals surface area contributed by atoms with Gasteiger partial charge in [-0.2, -0.15) is 0 Å². The van der Waals surface area contributed by atoms with Crippen molar-refractivity contribution < 1.29 is 9.59 Å². The molecule has 0 spiro atoms. The molecule has 2 amide bonds. The molecule has 0 bridgehead atoms. The topological polar surface area (TPSA) is 58.2 Å². The second-order valence-electron chi connectivity index (χ2n) is 1.36. The van der Waals surface area contributed by atoms with E-state index in [1.165, 1.54) is 13.8 Å². The Morgan fingerprint density at radius 3 is 1.38 bits per heavy atom. The van der Waals surface area contributed by atoms with E-state index in [9.17, 15) is 9.59 Å². The molecule has 4 heteroatoms. The lowest BCUT2D eigenvalue weighted by molar-refractivity contribution is -0.126. The van der Waals surface area contributed by atoms with Crippen molar-refractivity contribution in [3.05, 3.63) is 0 Å². The minimum Gasteiger partial charge on any atom is -0.274 e. The molecule has 0 rings (SSSR count). The van der Waals surface area contributed by atoms with Crippen molar-refractivity contribution in [1.29, 1.82) is 0 Å². The number of carbonyl (C=O) groups is 2. The molecular formula is C4H8N2O2. The minimum atomic E-state index is -0.278. The van der Waals surface area contributed by atoms with Crippen LogP contribution in [0.1, 0.15) is 13.8 Å². The number of hydrazine groups is 1. The van der Waals surface area contributed by atoms with Gasteiger partial charge in [-0.05, 0) is 0 Å². The van der Waals surface area contributed by atoms with Crippen LogP contribution in [0.5, 0.6) is 0 Å². The summed E-state index contributed by atoms with van der Waals surface area (Å²) in [4.78, 5) is 20.0. The Labute approximate surface area is 47.2 Å². The van der Waals surface area contributed by atoms with Gasteiger partial charge in [-0.15, -0.1) is 0 Å². The third-order valence-corrected chi connectivity index (χ3v) is 0.415. The summed E-state index contributed by atoms with van der Waals surface area (Å²) >= 11 is 0. The maximum Gasteiger partial charge on any atom is 0.235 e. The largest absolute Gasteiger partial charge is 0.274 e. The maximum atomic E-state index is 10.0. The van der Waals surface area contributed by atoms with E-state index < -0.39 is 0 Å². The van der Waals surface area contributed by atoms with Crippen molar-refractivity contribution in [1.82, 2.24) is 10.9 Å². The second kappa shape index (κ2) is 3.01. The van der Waals surface area contributed by atoms with Crippen LogP contribution in [0.4, 0.5) is 0 Å². The van der Waals surface area contributed by atoms with Crippen molar-refractivity contribution in [2.24, 2.45) is 0 Å². The smallest absolute Gasteiger partial charge is 0.235 e. The van der Waals surface area contributed by atoms with E-state index in [4.69, 9.17) is 0 Å². The van der Waals surface area contributed by atoms with Crippen LogP contribution in [-0.2, 0) is 9.59 Å². The Kier molecular flexibility index (Phi) is 2.61. The van der Waals surface area contributed by atoms with Gasteiger partial charge in [-0.3, -0.25) is 20.4 Å². The summed E-state index contributed by atoms with van der Waals surface area (Å²) in [6.45, 7) is 2.63. The zero-order valence-corrected chi connectivity index (χ0v) is 4.82. The number of hydrogen-bond donors (Lipinski definition) is 2. The van der Waals surface area contributed by atoms with E-state index in [0.717, 1.165) is 0 Å². The van der Waals surface area contributed by atoms with Crippen LogP contribution in [0.15, 0.2) is 0 Å². The first-order valence-corrected chi connectivity index (χ1v) is 2.16. The van der Waals surface area contributed by atoms with Gasteiger partial charge in [0.25, 0.3) is 0 Å². The van der Waals surface area contributed by atoms with Crippen LogP contribution in [0.3, 0.4) is 0 Å². The molecule has 0 saturated carbocycles. The monoisotopic (exact) mass is 118 g/mol. The first-order valence-electron chi connectivity index (χ1n) is 2.16. The van der Waals surface area contributed by atoms with Gasteiger partial charge in [0.2, 0.25) is 11.8 Å². The van der Waals surface area contributed by atoms with Gasteiger partial charge in [0.05, 0.1) is 0 Å². The fraction of sp³-hybridized carbons (Fsp3) is 0.500. The number of rotatable bonds is 0.